The van der Waals surface area contributed by atoms with E-state index in [2.05, 4.69) is 29.0 Å². The van der Waals surface area contributed by atoms with Crippen LogP contribution in [-0.2, 0) is 13.7 Å². The fourth-order valence-electron chi connectivity index (χ4n) is 3.11. The van der Waals surface area contributed by atoms with Crippen molar-refractivity contribution in [2.45, 2.75) is 26.4 Å². The molecule has 0 amide bonds. The molecule has 0 unspecified atom stereocenters. The Hall–Kier alpha value is -1.07. The van der Waals surface area contributed by atoms with Crippen LogP contribution in [0.4, 0.5) is 5.82 Å². The van der Waals surface area contributed by atoms with Crippen molar-refractivity contribution in [2.24, 2.45) is 13.0 Å². The monoisotopic (exact) mass is 266 g/mol. The molecule has 19 heavy (non-hydrogen) atoms. The van der Waals surface area contributed by atoms with Crippen LogP contribution < -0.4 is 4.90 Å². The van der Waals surface area contributed by atoms with Crippen LogP contribution >= 0.6 is 0 Å². The molecule has 2 rings (SSSR count). The molecule has 5 heteroatoms. The molecule has 0 aliphatic carbocycles. The number of hydrogen-bond acceptors (Lipinski definition) is 4. The van der Waals surface area contributed by atoms with Crippen LogP contribution in [-0.4, -0.2) is 53.5 Å². The number of anilines is 1. The predicted molar refractivity (Wildman–Crippen MR) is 77.4 cm³/mol. The highest BCUT2D eigenvalue weighted by atomic mass is 16.3. The van der Waals surface area contributed by atoms with Crippen LogP contribution in [0.1, 0.15) is 24.1 Å². The molecule has 0 bridgehead atoms. The fraction of sp³-hybridized carbons (Fsp3) is 0.786. The molecule has 0 saturated carbocycles. The number of aryl methyl sites for hydroxylation is 2. The van der Waals surface area contributed by atoms with Gasteiger partial charge in [-0.15, -0.1) is 0 Å². The first-order chi connectivity index (χ1) is 9.02. The maximum absolute atomic E-state index is 9.53. The first-order valence-corrected chi connectivity index (χ1v) is 7.06. The third-order valence-electron chi connectivity index (χ3n) is 4.01. The molecule has 0 atom stereocenters. The van der Waals surface area contributed by atoms with Crippen LogP contribution in [0, 0.1) is 12.8 Å². The number of rotatable bonds is 4. The molecule has 1 aliphatic heterocycles. The van der Waals surface area contributed by atoms with Gasteiger partial charge >= 0.3 is 0 Å². The topological polar surface area (TPSA) is 44.5 Å². The van der Waals surface area contributed by atoms with Crippen molar-refractivity contribution in [3.05, 3.63) is 11.3 Å². The van der Waals surface area contributed by atoms with E-state index in [-0.39, 0.29) is 6.61 Å². The van der Waals surface area contributed by atoms with Gasteiger partial charge in [0.25, 0.3) is 0 Å². The van der Waals surface area contributed by atoms with Gasteiger partial charge in [0.1, 0.15) is 5.82 Å². The molecule has 1 N–H and O–H groups in total. The van der Waals surface area contributed by atoms with E-state index < -0.39 is 0 Å². The van der Waals surface area contributed by atoms with Gasteiger partial charge in [0.2, 0.25) is 0 Å². The summed E-state index contributed by atoms with van der Waals surface area (Å²) >= 11 is 0. The SMILES string of the molecule is Cc1nn(C)c(N2CCC(CN(C)C)CC2)c1CO. The average Bonchev–Trinajstić information content (AvgIpc) is 2.64. The Morgan fingerprint density at radius 1 is 1.32 bits per heavy atom. The van der Waals surface area contributed by atoms with Gasteiger partial charge in [-0.1, -0.05) is 0 Å². The summed E-state index contributed by atoms with van der Waals surface area (Å²) in [4.78, 5) is 4.64. The van der Waals surface area contributed by atoms with E-state index in [1.54, 1.807) is 0 Å². The summed E-state index contributed by atoms with van der Waals surface area (Å²) in [5.74, 6) is 1.89. The number of hydrogen-bond donors (Lipinski definition) is 1. The Morgan fingerprint density at radius 3 is 2.47 bits per heavy atom. The summed E-state index contributed by atoms with van der Waals surface area (Å²) in [6, 6.07) is 0. The summed E-state index contributed by atoms with van der Waals surface area (Å²) < 4.78 is 1.91. The van der Waals surface area contributed by atoms with Crippen molar-refractivity contribution in [3.8, 4) is 0 Å². The van der Waals surface area contributed by atoms with Crippen molar-refractivity contribution in [2.75, 3.05) is 38.6 Å². The highest BCUT2D eigenvalue weighted by Gasteiger charge is 2.24. The van der Waals surface area contributed by atoms with E-state index in [9.17, 15) is 5.11 Å². The second-order valence-electron chi connectivity index (χ2n) is 5.86. The van der Waals surface area contributed by atoms with E-state index in [1.807, 2.05) is 18.7 Å². The summed E-state index contributed by atoms with van der Waals surface area (Å²) in [5.41, 5.74) is 1.92. The standard InChI is InChI=1S/C14H26N4O/c1-11-13(10-19)14(17(4)15-11)18-7-5-12(6-8-18)9-16(2)3/h12,19H,5-10H2,1-4H3. The van der Waals surface area contributed by atoms with E-state index >= 15 is 0 Å². The summed E-state index contributed by atoms with van der Waals surface area (Å²) in [7, 11) is 6.24. The zero-order valence-corrected chi connectivity index (χ0v) is 12.6. The normalized spacial score (nSPS) is 17.5. The fourth-order valence-corrected chi connectivity index (χ4v) is 3.11. The summed E-state index contributed by atoms with van der Waals surface area (Å²) in [5, 5.41) is 14.0. The number of aliphatic hydroxyl groups excluding tert-OH is 1. The molecule has 0 aromatic carbocycles. The largest absolute Gasteiger partial charge is 0.391 e. The summed E-state index contributed by atoms with van der Waals surface area (Å²) in [6.45, 7) is 5.33. The smallest absolute Gasteiger partial charge is 0.132 e. The second-order valence-corrected chi connectivity index (χ2v) is 5.86. The Morgan fingerprint density at radius 2 is 1.95 bits per heavy atom. The molecule has 5 nitrogen and oxygen atoms in total. The van der Waals surface area contributed by atoms with Crippen LogP contribution in [0.2, 0.25) is 0 Å². The Labute approximate surface area is 115 Å². The molecule has 108 valence electrons. The first-order valence-electron chi connectivity index (χ1n) is 7.06. The van der Waals surface area contributed by atoms with Crippen molar-refractivity contribution in [3.63, 3.8) is 0 Å². The lowest BCUT2D eigenvalue weighted by Crippen LogP contribution is -2.38. The van der Waals surface area contributed by atoms with Gasteiger partial charge in [0.05, 0.1) is 12.3 Å². The lowest BCUT2D eigenvalue weighted by molar-refractivity contribution is 0.276. The lowest BCUT2D eigenvalue weighted by atomic mass is 9.96. The van der Waals surface area contributed by atoms with Crippen molar-refractivity contribution < 1.29 is 5.11 Å². The van der Waals surface area contributed by atoms with Gasteiger partial charge in [-0.25, -0.2) is 0 Å². The average molecular weight is 266 g/mol. The van der Waals surface area contributed by atoms with Crippen LogP contribution in [0.3, 0.4) is 0 Å². The maximum Gasteiger partial charge on any atom is 0.132 e. The zero-order valence-electron chi connectivity index (χ0n) is 12.6. The van der Waals surface area contributed by atoms with E-state index in [4.69, 9.17) is 0 Å². The van der Waals surface area contributed by atoms with Gasteiger partial charge < -0.3 is 14.9 Å². The van der Waals surface area contributed by atoms with Gasteiger partial charge in [-0.3, -0.25) is 4.68 Å². The van der Waals surface area contributed by atoms with Gasteiger partial charge in [0.15, 0.2) is 0 Å². The molecule has 1 aromatic heterocycles. The second kappa shape index (κ2) is 5.92. The zero-order chi connectivity index (χ0) is 14.0. The highest BCUT2D eigenvalue weighted by molar-refractivity contribution is 5.50. The van der Waals surface area contributed by atoms with Crippen LogP contribution in [0.25, 0.3) is 0 Å². The van der Waals surface area contributed by atoms with Gasteiger partial charge in [0, 0.05) is 32.2 Å². The van der Waals surface area contributed by atoms with Gasteiger partial charge in [-0.2, -0.15) is 5.10 Å². The van der Waals surface area contributed by atoms with E-state index in [0.29, 0.717) is 0 Å². The lowest BCUT2D eigenvalue weighted by Gasteiger charge is -2.35. The van der Waals surface area contributed by atoms with Crippen molar-refractivity contribution >= 4 is 5.82 Å². The minimum absolute atomic E-state index is 0.0760. The number of nitrogens with zero attached hydrogens (tertiary/aromatic N) is 4. The molecule has 1 fully saturated rings. The Balaban J connectivity index is 2.05. The predicted octanol–water partition coefficient (Wildman–Crippen LogP) is 0.999. The minimum atomic E-state index is 0.0760. The molecule has 1 saturated heterocycles. The molecular formula is C14H26N4O. The van der Waals surface area contributed by atoms with Crippen LogP contribution in [0.15, 0.2) is 0 Å². The molecule has 0 radical (unpaired) electrons. The molecule has 1 aromatic rings. The molecular weight excluding hydrogens is 240 g/mol. The highest BCUT2D eigenvalue weighted by Crippen LogP contribution is 2.28. The number of aromatic nitrogens is 2. The third-order valence-corrected chi connectivity index (χ3v) is 4.01. The quantitative estimate of drug-likeness (QED) is 0.883. The molecule has 1 aliphatic rings. The van der Waals surface area contributed by atoms with Gasteiger partial charge in [-0.05, 0) is 39.8 Å². The molecule has 2 heterocycles. The first kappa shape index (κ1) is 14.3. The van der Waals surface area contributed by atoms with Crippen molar-refractivity contribution in [1.29, 1.82) is 0 Å². The van der Waals surface area contributed by atoms with Crippen molar-refractivity contribution in [1.82, 2.24) is 14.7 Å². The van der Waals surface area contributed by atoms with E-state index in [0.717, 1.165) is 36.1 Å². The minimum Gasteiger partial charge on any atom is -0.391 e. The molecule has 0 spiro atoms. The Kier molecular flexibility index (Phi) is 4.47. The number of aliphatic hydroxyl groups is 1. The van der Waals surface area contributed by atoms with Crippen LogP contribution in [0.5, 0.6) is 0 Å². The maximum atomic E-state index is 9.53. The number of piperidine rings is 1. The Bertz CT molecular complexity index is 419. The third kappa shape index (κ3) is 3.09. The summed E-state index contributed by atoms with van der Waals surface area (Å²) in [6.07, 6.45) is 2.43. The van der Waals surface area contributed by atoms with E-state index in [1.165, 1.54) is 19.4 Å².